The van der Waals surface area contributed by atoms with Crippen LogP contribution >= 0.6 is 0 Å². The van der Waals surface area contributed by atoms with Crippen LogP contribution in [0.3, 0.4) is 0 Å². The maximum absolute atomic E-state index is 11.0. The van der Waals surface area contributed by atoms with Crippen LogP contribution in [0.15, 0.2) is 91.0 Å². The Morgan fingerprint density at radius 2 is 1.03 bits per heavy atom. The van der Waals surface area contributed by atoms with Gasteiger partial charge in [-0.15, -0.1) is 0 Å². The van der Waals surface area contributed by atoms with E-state index >= 15 is 0 Å². The first-order chi connectivity index (χ1) is 14.1. The van der Waals surface area contributed by atoms with Crippen LogP contribution < -0.4 is 5.73 Å². The number of ether oxygens (including phenoxy) is 3. The highest BCUT2D eigenvalue weighted by atomic mass is 16.7. The summed E-state index contributed by atoms with van der Waals surface area (Å²) in [5, 5.41) is 11.0. The van der Waals surface area contributed by atoms with Gasteiger partial charge in [0.1, 0.15) is 11.6 Å². The Kier molecular flexibility index (Phi) is 7.14. The molecule has 0 aliphatic rings. The molecular formula is C24H27NO4. The molecule has 0 aromatic heterocycles. The SMILES string of the molecule is COC(OC)C(N)C(O)OC(c1ccccc1)(c1ccccc1)c1ccccc1. The Hall–Kier alpha value is -2.54. The number of hydrogen-bond acceptors (Lipinski definition) is 5. The van der Waals surface area contributed by atoms with Gasteiger partial charge in [-0.1, -0.05) is 91.0 Å². The van der Waals surface area contributed by atoms with E-state index in [0.717, 1.165) is 16.7 Å². The summed E-state index contributed by atoms with van der Waals surface area (Å²) in [4.78, 5) is 0. The summed E-state index contributed by atoms with van der Waals surface area (Å²) in [6.07, 6.45) is -2.18. The first-order valence-electron chi connectivity index (χ1n) is 9.47. The molecule has 5 heteroatoms. The maximum atomic E-state index is 11.0. The lowest BCUT2D eigenvalue weighted by atomic mass is 9.80. The van der Waals surface area contributed by atoms with Crippen molar-refractivity contribution in [3.05, 3.63) is 108 Å². The summed E-state index contributed by atoms with van der Waals surface area (Å²) in [5.74, 6) is 0. The lowest BCUT2D eigenvalue weighted by molar-refractivity contribution is -0.218. The standard InChI is InChI=1S/C24H27NO4/c1-27-23(28-2)21(25)22(26)29-24(18-12-6-3-7-13-18,19-14-8-4-9-15-19)20-16-10-5-11-17-20/h3-17,21-23,26H,25H2,1-2H3. The molecule has 2 atom stereocenters. The van der Waals surface area contributed by atoms with Gasteiger partial charge in [0, 0.05) is 14.2 Å². The smallest absolute Gasteiger partial charge is 0.176 e. The van der Waals surface area contributed by atoms with E-state index in [1.54, 1.807) is 0 Å². The highest BCUT2D eigenvalue weighted by Crippen LogP contribution is 2.41. The van der Waals surface area contributed by atoms with Crippen LogP contribution in [0.2, 0.25) is 0 Å². The summed E-state index contributed by atoms with van der Waals surface area (Å²) in [7, 11) is 2.94. The molecule has 3 N–H and O–H groups in total. The van der Waals surface area contributed by atoms with Gasteiger partial charge in [0.05, 0.1) is 0 Å². The third-order valence-corrected chi connectivity index (χ3v) is 4.95. The van der Waals surface area contributed by atoms with Crippen molar-refractivity contribution in [2.45, 2.75) is 24.2 Å². The summed E-state index contributed by atoms with van der Waals surface area (Å²) in [6, 6.07) is 28.4. The molecule has 152 valence electrons. The summed E-state index contributed by atoms with van der Waals surface area (Å²) < 4.78 is 16.9. The van der Waals surface area contributed by atoms with E-state index in [1.807, 2.05) is 91.0 Å². The number of benzene rings is 3. The van der Waals surface area contributed by atoms with Crippen molar-refractivity contribution >= 4 is 0 Å². The fourth-order valence-corrected chi connectivity index (χ4v) is 3.53. The van der Waals surface area contributed by atoms with Gasteiger partial charge in [0.15, 0.2) is 12.6 Å². The second-order valence-electron chi connectivity index (χ2n) is 6.70. The zero-order valence-corrected chi connectivity index (χ0v) is 16.6. The fraction of sp³-hybridized carbons (Fsp3) is 0.250. The molecule has 0 spiro atoms. The molecule has 3 aromatic rings. The number of aliphatic hydroxyl groups is 1. The predicted octanol–water partition coefficient (Wildman–Crippen LogP) is 3.26. The fourth-order valence-electron chi connectivity index (χ4n) is 3.53. The van der Waals surface area contributed by atoms with Crippen LogP contribution in [0, 0.1) is 0 Å². The summed E-state index contributed by atoms with van der Waals surface area (Å²) in [6.45, 7) is 0. The number of aliphatic hydroxyl groups excluding tert-OH is 1. The monoisotopic (exact) mass is 393 g/mol. The summed E-state index contributed by atoms with van der Waals surface area (Å²) >= 11 is 0. The second kappa shape index (κ2) is 9.78. The number of methoxy groups -OCH3 is 2. The molecule has 29 heavy (non-hydrogen) atoms. The average molecular weight is 393 g/mol. The first kappa shape index (κ1) is 21.2. The zero-order valence-electron chi connectivity index (χ0n) is 16.6. The quantitative estimate of drug-likeness (QED) is 0.431. The first-order valence-corrected chi connectivity index (χ1v) is 9.47. The molecule has 0 saturated heterocycles. The second-order valence-corrected chi connectivity index (χ2v) is 6.70. The topological polar surface area (TPSA) is 73.9 Å². The van der Waals surface area contributed by atoms with E-state index in [9.17, 15) is 5.11 Å². The molecule has 0 amide bonds. The van der Waals surface area contributed by atoms with Crippen molar-refractivity contribution in [3.63, 3.8) is 0 Å². The number of hydrogen-bond donors (Lipinski definition) is 2. The van der Waals surface area contributed by atoms with Crippen LogP contribution in [-0.4, -0.2) is 37.9 Å². The molecule has 0 bridgehead atoms. The van der Waals surface area contributed by atoms with Gasteiger partial charge in [-0.2, -0.15) is 0 Å². The Labute approximate surface area is 171 Å². The van der Waals surface area contributed by atoms with E-state index < -0.39 is 24.2 Å². The molecule has 5 nitrogen and oxygen atoms in total. The number of rotatable bonds is 9. The van der Waals surface area contributed by atoms with Crippen molar-refractivity contribution in [1.82, 2.24) is 0 Å². The molecule has 0 aliphatic heterocycles. The van der Waals surface area contributed by atoms with E-state index in [-0.39, 0.29) is 0 Å². The van der Waals surface area contributed by atoms with Gasteiger partial charge in [0.2, 0.25) is 0 Å². The van der Waals surface area contributed by atoms with E-state index in [4.69, 9.17) is 19.9 Å². The highest BCUT2D eigenvalue weighted by Gasteiger charge is 2.42. The van der Waals surface area contributed by atoms with Gasteiger partial charge >= 0.3 is 0 Å². The predicted molar refractivity (Wildman–Crippen MR) is 112 cm³/mol. The van der Waals surface area contributed by atoms with E-state index in [1.165, 1.54) is 14.2 Å². The maximum Gasteiger partial charge on any atom is 0.176 e. The molecule has 3 aromatic carbocycles. The molecule has 0 radical (unpaired) electrons. The van der Waals surface area contributed by atoms with Crippen molar-refractivity contribution in [3.8, 4) is 0 Å². The van der Waals surface area contributed by atoms with Crippen LogP contribution in [0.1, 0.15) is 16.7 Å². The normalized spacial score (nSPS) is 14.0. The van der Waals surface area contributed by atoms with Gasteiger partial charge < -0.3 is 25.1 Å². The van der Waals surface area contributed by atoms with Crippen molar-refractivity contribution in [2.24, 2.45) is 5.73 Å². The van der Waals surface area contributed by atoms with Crippen molar-refractivity contribution in [1.29, 1.82) is 0 Å². The molecule has 0 aliphatic carbocycles. The minimum Gasteiger partial charge on any atom is -0.366 e. The van der Waals surface area contributed by atoms with Crippen LogP contribution in [0.25, 0.3) is 0 Å². The Morgan fingerprint density at radius 3 is 1.34 bits per heavy atom. The molecule has 3 rings (SSSR count). The Bertz CT molecular complexity index is 757. The van der Waals surface area contributed by atoms with Crippen molar-refractivity contribution in [2.75, 3.05) is 14.2 Å². The van der Waals surface area contributed by atoms with Gasteiger partial charge in [-0.3, -0.25) is 0 Å². The van der Waals surface area contributed by atoms with Gasteiger partial charge in [0.25, 0.3) is 0 Å². The van der Waals surface area contributed by atoms with Gasteiger partial charge in [-0.25, -0.2) is 0 Å². The van der Waals surface area contributed by atoms with E-state index in [0.29, 0.717) is 0 Å². The van der Waals surface area contributed by atoms with Crippen LogP contribution in [0.5, 0.6) is 0 Å². The Morgan fingerprint density at radius 1 is 0.690 bits per heavy atom. The highest BCUT2D eigenvalue weighted by molar-refractivity contribution is 5.47. The Balaban J connectivity index is 2.17. The average Bonchev–Trinajstić information content (AvgIpc) is 2.80. The largest absolute Gasteiger partial charge is 0.366 e. The molecule has 0 heterocycles. The minimum atomic E-state index is -1.36. The third-order valence-electron chi connectivity index (χ3n) is 4.95. The lowest BCUT2D eigenvalue weighted by Gasteiger charge is -2.39. The molecular weight excluding hydrogens is 366 g/mol. The van der Waals surface area contributed by atoms with Crippen LogP contribution in [0.4, 0.5) is 0 Å². The minimum absolute atomic E-state index is 0.815. The summed E-state index contributed by atoms with van der Waals surface area (Å²) in [5.41, 5.74) is 7.73. The third kappa shape index (κ3) is 4.40. The zero-order chi connectivity index (χ0) is 20.7. The lowest BCUT2D eigenvalue weighted by Crippen LogP contribution is -2.51. The van der Waals surface area contributed by atoms with Crippen molar-refractivity contribution < 1.29 is 19.3 Å². The van der Waals surface area contributed by atoms with E-state index in [2.05, 4.69) is 0 Å². The van der Waals surface area contributed by atoms with Gasteiger partial charge in [-0.05, 0) is 16.7 Å². The van der Waals surface area contributed by atoms with Crippen LogP contribution in [-0.2, 0) is 19.8 Å². The number of nitrogens with two attached hydrogens (primary N) is 1. The molecule has 0 saturated carbocycles. The molecule has 2 unspecified atom stereocenters. The molecule has 0 fully saturated rings.